The van der Waals surface area contributed by atoms with Gasteiger partial charge in [-0.3, -0.25) is 0 Å². The van der Waals surface area contributed by atoms with Crippen molar-refractivity contribution in [3.8, 4) is 0 Å². The fraction of sp³-hybridized carbons (Fsp3) is 0.571. The highest BCUT2D eigenvalue weighted by Gasteiger charge is 2.46. The summed E-state index contributed by atoms with van der Waals surface area (Å²) in [5, 5.41) is 10.8. The van der Waals surface area contributed by atoms with E-state index in [1.807, 2.05) is 0 Å². The fourth-order valence-corrected chi connectivity index (χ4v) is 5.20. The van der Waals surface area contributed by atoms with Crippen molar-refractivity contribution in [1.82, 2.24) is 0 Å². The summed E-state index contributed by atoms with van der Waals surface area (Å²) in [5.41, 5.74) is -2.66. The highest BCUT2D eigenvalue weighted by Crippen LogP contribution is 2.50. The lowest BCUT2D eigenvalue weighted by Crippen LogP contribution is -2.42. The number of hydrogen-bond donors (Lipinski definition) is 1. The second kappa shape index (κ2) is 4.91. The first-order valence-electron chi connectivity index (χ1n) is 6.62. The maximum absolute atomic E-state index is 13.9. The Morgan fingerprint density at radius 3 is 2.00 bits per heavy atom. The van der Waals surface area contributed by atoms with Crippen molar-refractivity contribution in [2.45, 2.75) is 48.2 Å². The Hall–Kier alpha value is -0.750. The number of rotatable bonds is 1. The van der Waals surface area contributed by atoms with Crippen LogP contribution in [0.1, 0.15) is 37.7 Å². The molecule has 1 aromatic carbocycles. The molecule has 110 valence electrons. The SMILES string of the molecule is OC1(c2c(F)c(F)cc(F)c2F)CC2CCCC(C1)S2. The fourth-order valence-electron chi connectivity index (χ4n) is 3.30. The van der Waals surface area contributed by atoms with E-state index in [4.69, 9.17) is 0 Å². The van der Waals surface area contributed by atoms with E-state index in [1.54, 1.807) is 11.8 Å². The van der Waals surface area contributed by atoms with Crippen LogP contribution >= 0.6 is 11.8 Å². The van der Waals surface area contributed by atoms with Gasteiger partial charge in [-0.05, 0) is 25.7 Å². The van der Waals surface area contributed by atoms with E-state index in [2.05, 4.69) is 0 Å². The molecule has 0 aromatic heterocycles. The highest BCUT2D eigenvalue weighted by molar-refractivity contribution is 8.00. The molecule has 1 N–H and O–H groups in total. The number of fused-ring (bicyclic) bond motifs is 2. The summed E-state index contributed by atoms with van der Waals surface area (Å²) in [7, 11) is 0. The van der Waals surface area contributed by atoms with Crippen LogP contribution < -0.4 is 0 Å². The number of benzene rings is 1. The molecule has 1 aromatic rings. The number of aliphatic hydroxyl groups is 1. The third-order valence-electron chi connectivity index (χ3n) is 4.14. The number of thioether (sulfide) groups is 1. The lowest BCUT2D eigenvalue weighted by atomic mass is 9.80. The molecule has 2 unspecified atom stereocenters. The van der Waals surface area contributed by atoms with Crippen molar-refractivity contribution in [2.24, 2.45) is 0 Å². The Morgan fingerprint density at radius 2 is 1.50 bits per heavy atom. The van der Waals surface area contributed by atoms with Crippen molar-refractivity contribution in [1.29, 1.82) is 0 Å². The molecular weight excluding hydrogens is 292 g/mol. The zero-order chi connectivity index (χ0) is 14.5. The minimum absolute atomic E-state index is 0.0811. The van der Waals surface area contributed by atoms with E-state index in [0.29, 0.717) is 0 Å². The van der Waals surface area contributed by atoms with Gasteiger partial charge in [0.05, 0.1) is 11.2 Å². The minimum Gasteiger partial charge on any atom is -0.385 e. The minimum atomic E-state index is -1.82. The van der Waals surface area contributed by atoms with Crippen LogP contribution in [0.3, 0.4) is 0 Å². The number of halogens is 4. The largest absolute Gasteiger partial charge is 0.385 e. The average molecular weight is 306 g/mol. The molecule has 2 saturated heterocycles. The van der Waals surface area contributed by atoms with Crippen molar-refractivity contribution in [3.63, 3.8) is 0 Å². The molecule has 0 amide bonds. The van der Waals surface area contributed by atoms with Gasteiger partial charge in [0.15, 0.2) is 23.3 Å². The van der Waals surface area contributed by atoms with Gasteiger partial charge < -0.3 is 5.11 Å². The molecular formula is C14H14F4OS. The molecule has 0 saturated carbocycles. The summed E-state index contributed by atoms with van der Waals surface area (Å²) in [5.74, 6) is -5.88. The first-order valence-corrected chi connectivity index (χ1v) is 7.56. The predicted molar refractivity (Wildman–Crippen MR) is 68.4 cm³/mol. The molecule has 2 heterocycles. The predicted octanol–water partition coefficient (Wildman–Crippen LogP) is 3.88. The second-order valence-electron chi connectivity index (χ2n) is 5.59. The van der Waals surface area contributed by atoms with Crippen molar-refractivity contribution in [3.05, 3.63) is 34.9 Å². The highest BCUT2D eigenvalue weighted by atomic mass is 32.2. The molecule has 0 spiro atoms. The summed E-state index contributed by atoms with van der Waals surface area (Å²) in [4.78, 5) is 0. The summed E-state index contributed by atoms with van der Waals surface area (Å²) in [6.45, 7) is 0. The van der Waals surface area contributed by atoms with E-state index in [9.17, 15) is 22.7 Å². The van der Waals surface area contributed by atoms with Crippen LogP contribution in [0.5, 0.6) is 0 Å². The van der Waals surface area contributed by atoms with Gasteiger partial charge in [-0.2, -0.15) is 11.8 Å². The first-order chi connectivity index (χ1) is 9.40. The van der Waals surface area contributed by atoms with Crippen LogP contribution in [0.15, 0.2) is 6.07 Å². The molecule has 0 aliphatic carbocycles. The second-order valence-corrected chi connectivity index (χ2v) is 7.20. The van der Waals surface area contributed by atoms with Crippen LogP contribution in [-0.4, -0.2) is 15.6 Å². The van der Waals surface area contributed by atoms with E-state index >= 15 is 0 Å². The van der Waals surface area contributed by atoms with Crippen LogP contribution in [0.4, 0.5) is 17.6 Å². The molecule has 2 atom stereocenters. The molecule has 20 heavy (non-hydrogen) atoms. The molecule has 0 radical (unpaired) electrons. The molecule has 2 aliphatic rings. The quantitative estimate of drug-likeness (QED) is 0.627. The van der Waals surface area contributed by atoms with Crippen molar-refractivity contribution < 1.29 is 22.7 Å². The Morgan fingerprint density at radius 1 is 1.00 bits per heavy atom. The molecule has 2 fully saturated rings. The van der Waals surface area contributed by atoms with E-state index in [-0.39, 0.29) is 29.4 Å². The third-order valence-corrected chi connectivity index (χ3v) is 5.72. The van der Waals surface area contributed by atoms with Gasteiger partial charge in [-0.15, -0.1) is 0 Å². The lowest BCUT2D eigenvalue weighted by Gasteiger charge is -2.44. The Bertz CT molecular complexity index is 510. The van der Waals surface area contributed by atoms with Gasteiger partial charge in [-0.25, -0.2) is 17.6 Å². The van der Waals surface area contributed by atoms with Gasteiger partial charge in [0.25, 0.3) is 0 Å². The first kappa shape index (κ1) is 14.2. The maximum Gasteiger partial charge on any atom is 0.168 e. The molecule has 2 aliphatic heterocycles. The van der Waals surface area contributed by atoms with Crippen molar-refractivity contribution >= 4 is 11.8 Å². The number of hydrogen-bond acceptors (Lipinski definition) is 2. The molecule has 6 heteroatoms. The normalized spacial score (nSPS) is 33.2. The van der Waals surface area contributed by atoms with Gasteiger partial charge in [0.2, 0.25) is 0 Å². The zero-order valence-electron chi connectivity index (χ0n) is 10.6. The van der Waals surface area contributed by atoms with Crippen LogP contribution in [0, 0.1) is 23.3 Å². The summed E-state index contributed by atoms with van der Waals surface area (Å²) in [6.07, 6.45) is 2.98. The van der Waals surface area contributed by atoms with Gasteiger partial charge >= 0.3 is 0 Å². The van der Waals surface area contributed by atoms with Crippen LogP contribution in [0.25, 0.3) is 0 Å². The Balaban J connectivity index is 2.08. The van der Waals surface area contributed by atoms with E-state index < -0.39 is 34.4 Å². The lowest BCUT2D eigenvalue weighted by molar-refractivity contribution is 0.000231. The standard InChI is InChI=1S/C14H14F4OS/c15-9-4-10(16)13(18)11(12(9)17)14(19)5-7-2-1-3-8(6-14)20-7/h4,7-8,19H,1-3,5-6H2. The maximum atomic E-state index is 13.9. The molecule has 3 rings (SSSR count). The van der Waals surface area contributed by atoms with Gasteiger partial charge in [-0.1, -0.05) is 6.42 Å². The third kappa shape index (κ3) is 2.22. The molecule has 2 bridgehead atoms. The summed E-state index contributed by atoms with van der Waals surface area (Å²) < 4.78 is 54.5. The van der Waals surface area contributed by atoms with Crippen LogP contribution in [-0.2, 0) is 5.60 Å². The van der Waals surface area contributed by atoms with Crippen molar-refractivity contribution in [2.75, 3.05) is 0 Å². The average Bonchev–Trinajstić information content (AvgIpc) is 2.36. The van der Waals surface area contributed by atoms with Gasteiger partial charge in [0, 0.05) is 16.6 Å². The van der Waals surface area contributed by atoms with E-state index in [1.165, 1.54) is 0 Å². The smallest absolute Gasteiger partial charge is 0.168 e. The topological polar surface area (TPSA) is 20.2 Å². The van der Waals surface area contributed by atoms with Crippen LogP contribution in [0.2, 0.25) is 0 Å². The zero-order valence-corrected chi connectivity index (χ0v) is 11.5. The Kier molecular flexibility index (Phi) is 3.49. The Labute approximate surface area is 118 Å². The monoisotopic (exact) mass is 306 g/mol. The summed E-state index contributed by atoms with van der Waals surface area (Å²) >= 11 is 1.70. The van der Waals surface area contributed by atoms with E-state index in [0.717, 1.165) is 19.3 Å². The summed E-state index contributed by atoms with van der Waals surface area (Å²) in [6, 6.07) is 0.177. The molecule has 1 nitrogen and oxygen atoms in total. The van der Waals surface area contributed by atoms with Gasteiger partial charge in [0.1, 0.15) is 0 Å².